The number of nitrogens with one attached hydrogen (secondary N) is 1. The maximum absolute atomic E-state index is 11.9. The van der Waals surface area contributed by atoms with Crippen molar-refractivity contribution >= 4 is 10.0 Å². The Morgan fingerprint density at radius 1 is 1.64 bits per heavy atom. The number of aromatic amines is 1. The fraction of sp³-hybridized carbons (Fsp3) is 0.571. The van der Waals surface area contributed by atoms with Crippen LogP contribution in [0.15, 0.2) is 17.3 Å². The second kappa shape index (κ2) is 3.34. The highest BCUT2D eigenvalue weighted by molar-refractivity contribution is 7.89. The van der Waals surface area contributed by atoms with Crippen LogP contribution in [0.4, 0.5) is 0 Å². The molecule has 0 amide bonds. The lowest BCUT2D eigenvalue weighted by Gasteiger charge is -2.19. The third kappa shape index (κ3) is 1.43. The van der Waals surface area contributed by atoms with E-state index in [1.165, 1.54) is 16.7 Å². The Morgan fingerprint density at radius 3 is 2.93 bits per heavy atom. The second-order valence-corrected chi connectivity index (χ2v) is 5.15. The third-order valence-electron chi connectivity index (χ3n) is 2.33. The number of aromatic nitrogens is 2. The molecular weight excluding hydrogens is 204 g/mol. The number of nitrogens with two attached hydrogens (primary N) is 1. The van der Waals surface area contributed by atoms with Gasteiger partial charge in [0.1, 0.15) is 4.90 Å². The van der Waals surface area contributed by atoms with E-state index in [-0.39, 0.29) is 4.90 Å². The molecule has 0 saturated carbocycles. The summed E-state index contributed by atoms with van der Waals surface area (Å²) in [6, 6.07) is 0. The van der Waals surface area contributed by atoms with Gasteiger partial charge in [0.05, 0.1) is 12.4 Å². The Hall–Kier alpha value is -0.920. The zero-order chi connectivity index (χ0) is 10.2. The number of sulfonamides is 1. The standard InChI is InChI=1S/C7H12N4O2S/c8-7-2-1-3-11(7)14(12,13)6-4-9-10-5-6/h4-5,7H,1-3,8H2,(H,9,10). The maximum atomic E-state index is 11.9. The average Bonchev–Trinajstić information content (AvgIpc) is 2.72. The number of H-pyrrole nitrogens is 1. The Bertz CT molecular complexity index is 399. The van der Waals surface area contributed by atoms with E-state index in [0.29, 0.717) is 6.54 Å². The van der Waals surface area contributed by atoms with Crippen LogP contribution >= 0.6 is 0 Å². The van der Waals surface area contributed by atoms with Crippen molar-refractivity contribution in [3.8, 4) is 0 Å². The van der Waals surface area contributed by atoms with Crippen LogP contribution in [0.1, 0.15) is 12.8 Å². The molecule has 2 rings (SSSR count). The molecule has 1 atom stereocenters. The molecule has 1 fully saturated rings. The molecule has 0 aromatic carbocycles. The molecule has 1 aliphatic rings. The topological polar surface area (TPSA) is 92.1 Å². The van der Waals surface area contributed by atoms with Gasteiger partial charge in [0.25, 0.3) is 0 Å². The van der Waals surface area contributed by atoms with E-state index < -0.39 is 16.2 Å². The summed E-state index contributed by atoms with van der Waals surface area (Å²) >= 11 is 0. The predicted octanol–water partition coefficient (Wildman–Crippen LogP) is -0.521. The summed E-state index contributed by atoms with van der Waals surface area (Å²) in [5.41, 5.74) is 5.69. The average molecular weight is 216 g/mol. The minimum Gasteiger partial charge on any atom is -0.315 e. The van der Waals surface area contributed by atoms with Crippen molar-refractivity contribution in [2.75, 3.05) is 6.54 Å². The van der Waals surface area contributed by atoms with Gasteiger partial charge in [-0.05, 0) is 12.8 Å². The Kier molecular flexibility index (Phi) is 2.30. The predicted molar refractivity (Wildman–Crippen MR) is 49.7 cm³/mol. The summed E-state index contributed by atoms with van der Waals surface area (Å²) in [5.74, 6) is 0. The first kappa shape index (κ1) is 9.63. The van der Waals surface area contributed by atoms with Crippen LogP contribution in [0, 0.1) is 0 Å². The van der Waals surface area contributed by atoms with Gasteiger partial charge in [0, 0.05) is 12.7 Å². The molecule has 3 N–H and O–H groups in total. The van der Waals surface area contributed by atoms with Gasteiger partial charge in [-0.1, -0.05) is 0 Å². The molecule has 1 aromatic rings. The molecule has 0 radical (unpaired) electrons. The van der Waals surface area contributed by atoms with E-state index in [0.717, 1.165) is 12.8 Å². The highest BCUT2D eigenvalue weighted by atomic mass is 32.2. The van der Waals surface area contributed by atoms with Crippen molar-refractivity contribution in [3.05, 3.63) is 12.4 Å². The first-order valence-corrected chi connectivity index (χ1v) is 5.82. The van der Waals surface area contributed by atoms with Crippen molar-refractivity contribution in [1.29, 1.82) is 0 Å². The fourth-order valence-corrected chi connectivity index (χ4v) is 3.07. The highest BCUT2D eigenvalue weighted by Gasteiger charge is 2.33. The van der Waals surface area contributed by atoms with Crippen LogP contribution in [0.2, 0.25) is 0 Å². The number of nitrogens with zero attached hydrogens (tertiary/aromatic N) is 2. The molecule has 6 nitrogen and oxygen atoms in total. The van der Waals surface area contributed by atoms with Gasteiger partial charge in [-0.3, -0.25) is 5.10 Å². The van der Waals surface area contributed by atoms with E-state index in [4.69, 9.17) is 5.73 Å². The molecule has 1 unspecified atom stereocenters. The van der Waals surface area contributed by atoms with Crippen molar-refractivity contribution in [2.24, 2.45) is 5.73 Å². The van der Waals surface area contributed by atoms with Gasteiger partial charge >= 0.3 is 0 Å². The normalized spacial score (nSPS) is 24.2. The summed E-state index contributed by atoms with van der Waals surface area (Å²) in [7, 11) is -3.43. The van der Waals surface area contributed by atoms with Crippen LogP contribution in [-0.4, -0.2) is 35.6 Å². The fourth-order valence-electron chi connectivity index (χ4n) is 1.58. The van der Waals surface area contributed by atoms with Gasteiger partial charge in [-0.25, -0.2) is 8.42 Å². The molecule has 0 aliphatic carbocycles. The van der Waals surface area contributed by atoms with Crippen LogP contribution in [0.25, 0.3) is 0 Å². The van der Waals surface area contributed by atoms with Crippen molar-refractivity contribution < 1.29 is 8.42 Å². The lowest BCUT2D eigenvalue weighted by atomic mass is 10.3. The molecule has 14 heavy (non-hydrogen) atoms. The van der Waals surface area contributed by atoms with E-state index in [9.17, 15) is 8.42 Å². The number of hydrogen-bond acceptors (Lipinski definition) is 4. The molecular formula is C7H12N4O2S. The molecule has 7 heteroatoms. The summed E-state index contributed by atoms with van der Waals surface area (Å²) in [6.07, 6.45) is 3.80. The minimum absolute atomic E-state index is 0.176. The molecule has 1 aromatic heterocycles. The van der Waals surface area contributed by atoms with E-state index in [2.05, 4.69) is 10.2 Å². The lowest BCUT2D eigenvalue weighted by Crippen LogP contribution is -2.40. The lowest BCUT2D eigenvalue weighted by molar-refractivity contribution is 0.396. The molecule has 1 saturated heterocycles. The summed E-state index contributed by atoms with van der Waals surface area (Å²) in [4.78, 5) is 0.176. The van der Waals surface area contributed by atoms with Gasteiger partial charge in [0.2, 0.25) is 10.0 Å². The third-order valence-corrected chi connectivity index (χ3v) is 4.22. The minimum atomic E-state index is -3.43. The molecule has 1 aliphatic heterocycles. The van der Waals surface area contributed by atoms with Crippen LogP contribution in [-0.2, 0) is 10.0 Å². The van der Waals surface area contributed by atoms with Crippen LogP contribution in [0.3, 0.4) is 0 Å². The quantitative estimate of drug-likeness (QED) is 0.695. The van der Waals surface area contributed by atoms with E-state index in [1.807, 2.05) is 0 Å². The first-order chi connectivity index (χ1) is 6.62. The van der Waals surface area contributed by atoms with Gasteiger partial charge in [0.15, 0.2) is 0 Å². The van der Waals surface area contributed by atoms with E-state index in [1.54, 1.807) is 0 Å². The summed E-state index contributed by atoms with van der Waals surface area (Å²) in [6.45, 7) is 0.495. The number of hydrogen-bond donors (Lipinski definition) is 2. The van der Waals surface area contributed by atoms with Gasteiger partial charge in [-0.15, -0.1) is 0 Å². The highest BCUT2D eigenvalue weighted by Crippen LogP contribution is 2.22. The Morgan fingerprint density at radius 2 is 2.43 bits per heavy atom. The molecule has 2 heterocycles. The second-order valence-electron chi connectivity index (χ2n) is 3.26. The number of rotatable bonds is 2. The van der Waals surface area contributed by atoms with Crippen molar-refractivity contribution in [2.45, 2.75) is 23.9 Å². The SMILES string of the molecule is NC1CCCN1S(=O)(=O)c1cn[nH]c1. The first-order valence-electron chi connectivity index (χ1n) is 4.38. The van der Waals surface area contributed by atoms with E-state index >= 15 is 0 Å². The van der Waals surface area contributed by atoms with Crippen LogP contribution in [0.5, 0.6) is 0 Å². The Labute approximate surface area is 82.1 Å². The summed E-state index contributed by atoms with van der Waals surface area (Å²) in [5, 5.41) is 6.09. The van der Waals surface area contributed by atoms with Crippen molar-refractivity contribution in [1.82, 2.24) is 14.5 Å². The monoisotopic (exact) mass is 216 g/mol. The van der Waals surface area contributed by atoms with Crippen LogP contribution < -0.4 is 5.73 Å². The Balaban J connectivity index is 2.33. The molecule has 78 valence electrons. The van der Waals surface area contributed by atoms with Gasteiger partial charge < -0.3 is 5.73 Å². The van der Waals surface area contributed by atoms with Crippen molar-refractivity contribution in [3.63, 3.8) is 0 Å². The van der Waals surface area contributed by atoms with Gasteiger partial charge in [-0.2, -0.15) is 9.40 Å². The summed E-state index contributed by atoms with van der Waals surface area (Å²) < 4.78 is 25.1. The zero-order valence-corrected chi connectivity index (χ0v) is 8.37. The smallest absolute Gasteiger partial charge is 0.247 e. The molecule has 0 bridgehead atoms. The maximum Gasteiger partial charge on any atom is 0.247 e. The molecule has 0 spiro atoms. The largest absolute Gasteiger partial charge is 0.315 e. The zero-order valence-electron chi connectivity index (χ0n) is 7.55.